The van der Waals surface area contributed by atoms with Crippen molar-refractivity contribution < 1.29 is 23.1 Å². The van der Waals surface area contributed by atoms with E-state index in [4.69, 9.17) is 4.74 Å². The molecule has 5 rings (SSSR count). The van der Waals surface area contributed by atoms with E-state index in [2.05, 4.69) is 60.0 Å². The Bertz CT molecular complexity index is 1680. The number of ether oxygens (including phenoxy) is 1. The fraction of sp³-hybridized carbons (Fsp3) is 0.306. The molecule has 1 aliphatic heterocycles. The number of carbonyl (C=O) groups is 1. The van der Waals surface area contributed by atoms with Gasteiger partial charge < -0.3 is 14.7 Å². The third-order valence-corrected chi connectivity index (χ3v) is 9.62. The molecule has 4 aromatic rings. The number of aliphatic hydroxyl groups is 1. The number of sulfonamides is 1. The summed E-state index contributed by atoms with van der Waals surface area (Å²) in [6.45, 7) is 5.46. The lowest BCUT2D eigenvalue weighted by molar-refractivity contribution is -0.134. The van der Waals surface area contributed by atoms with E-state index in [1.54, 1.807) is 41.3 Å². The van der Waals surface area contributed by atoms with Gasteiger partial charge in [-0.1, -0.05) is 79.7 Å². The average Bonchev–Trinajstić information content (AvgIpc) is 3.09. The normalized spacial score (nSPS) is 17.9. The van der Waals surface area contributed by atoms with E-state index in [9.17, 15) is 18.3 Å². The van der Waals surface area contributed by atoms with E-state index in [0.717, 1.165) is 0 Å². The Morgan fingerprint density at radius 3 is 2.27 bits per heavy atom. The highest BCUT2D eigenvalue weighted by Crippen LogP contribution is 2.30. The van der Waals surface area contributed by atoms with Crippen molar-refractivity contribution in [2.75, 3.05) is 31.5 Å². The quantitative estimate of drug-likeness (QED) is 0.243. The molecule has 0 aliphatic carbocycles. The lowest BCUT2D eigenvalue weighted by atomic mass is 10.0. The third-order valence-electron chi connectivity index (χ3n) is 8.23. The van der Waals surface area contributed by atoms with Gasteiger partial charge in [-0.25, -0.2) is 8.42 Å². The van der Waals surface area contributed by atoms with Gasteiger partial charge in [-0.05, 0) is 61.0 Å². The molecule has 4 aromatic carbocycles. The summed E-state index contributed by atoms with van der Waals surface area (Å²) in [5, 5.41) is 9.96. The Labute approximate surface area is 266 Å². The second-order valence-electron chi connectivity index (χ2n) is 11.9. The predicted molar refractivity (Wildman–Crippen MR) is 177 cm³/mol. The average molecular weight is 628 g/mol. The number of carbonyl (C=O) groups excluding carboxylic acids is 1. The molecule has 1 aliphatic rings. The molecule has 0 unspecified atom stereocenters. The molecule has 236 valence electrons. The lowest BCUT2D eigenvalue weighted by Gasteiger charge is -2.34. The standard InChI is InChI=1S/C36H41N3O5S/c1-26-22-39(27(2)25-40)36(41)21-31-20-32(37-45(42,43)33-12-8-5-9-13-33)18-19-34(31)44-35(26)24-38(3)23-28-14-16-30(17-15-28)29-10-6-4-7-11-29/h4-20,26-27,35,37,40H,21-25H2,1-3H3/t26-,27+,35-/m1/s1. The van der Waals surface area contributed by atoms with E-state index in [-0.39, 0.29) is 41.9 Å². The molecule has 3 atom stereocenters. The maximum atomic E-state index is 13.6. The number of aliphatic hydroxyl groups excluding tert-OH is 1. The molecule has 0 bridgehead atoms. The largest absolute Gasteiger partial charge is 0.488 e. The Balaban J connectivity index is 1.37. The van der Waals surface area contributed by atoms with Gasteiger partial charge in [0.2, 0.25) is 5.91 Å². The van der Waals surface area contributed by atoms with Gasteiger partial charge >= 0.3 is 0 Å². The van der Waals surface area contributed by atoms with E-state index >= 15 is 0 Å². The smallest absolute Gasteiger partial charge is 0.261 e. The molecule has 0 saturated carbocycles. The number of benzene rings is 4. The summed E-state index contributed by atoms with van der Waals surface area (Å²) in [5.41, 5.74) is 4.45. The van der Waals surface area contributed by atoms with Crippen molar-refractivity contribution in [3.8, 4) is 16.9 Å². The number of fused-ring (bicyclic) bond motifs is 1. The van der Waals surface area contributed by atoms with Gasteiger partial charge in [-0.2, -0.15) is 0 Å². The number of likely N-dealkylation sites (N-methyl/N-ethyl adjacent to an activating group) is 1. The van der Waals surface area contributed by atoms with E-state index in [0.29, 0.717) is 36.6 Å². The van der Waals surface area contributed by atoms with Crippen LogP contribution >= 0.6 is 0 Å². The molecule has 1 amide bonds. The fourth-order valence-electron chi connectivity index (χ4n) is 5.64. The first kappa shape index (κ1) is 32.2. The second kappa shape index (κ2) is 14.3. The Morgan fingerprint density at radius 2 is 1.60 bits per heavy atom. The summed E-state index contributed by atoms with van der Waals surface area (Å²) in [4.78, 5) is 17.6. The van der Waals surface area contributed by atoms with Crippen molar-refractivity contribution in [2.24, 2.45) is 5.92 Å². The van der Waals surface area contributed by atoms with Gasteiger partial charge in [0, 0.05) is 36.8 Å². The zero-order valence-electron chi connectivity index (χ0n) is 26.0. The maximum absolute atomic E-state index is 13.6. The first-order chi connectivity index (χ1) is 21.6. The molecule has 8 nitrogen and oxygen atoms in total. The molecule has 0 aromatic heterocycles. The minimum Gasteiger partial charge on any atom is -0.488 e. The van der Waals surface area contributed by atoms with Crippen LogP contribution < -0.4 is 9.46 Å². The highest BCUT2D eigenvalue weighted by Gasteiger charge is 2.31. The van der Waals surface area contributed by atoms with Crippen LogP contribution in [0.5, 0.6) is 5.75 Å². The van der Waals surface area contributed by atoms with E-state index in [1.807, 2.05) is 25.1 Å². The lowest BCUT2D eigenvalue weighted by Crippen LogP contribution is -2.47. The zero-order chi connectivity index (χ0) is 32.0. The summed E-state index contributed by atoms with van der Waals surface area (Å²) in [5.74, 6) is 0.346. The van der Waals surface area contributed by atoms with Crippen LogP contribution in [0.4, 0.5) is 5.69 Å². The van der Waals surface area contributed by atoms with Crippen LogP contribution in [0.25, 0.3) is 11.1 Å². The van der Waals surface area contributed by atoms with Crippen LogP contribution in [0.3, 0.4) is 0 Å². The Morgan fingerprint density at radius 1 is 0.956 bits per heavy atom. The molecule has 0 fully saturated rings. The van der Waals surface area contributed by atoms with Crippen molar-refractivity contribution >= 4 is 21.6 Å². The van der Waals surface area contributed by atoms with E-state index < -0.39 is 10.0 Å². The first-order valence-electron chi connectivity index (χ1n) is 15.2. The molecule has 9 heteroatoms. The fourth-order valence-corrected chi connectivity index (χ4v) is 6.71. The molecule has 0 radical (unpaired) electrons. The van der Waals surface area contributed by atoms with Gasteiger partial charge in [-0.3, -0.25) is 14.4 Å². The van der Waals surface area contributed by atoms with Crippen LogP contribution in [0.15, 0.2) is 108 Å². The summed E-state index contributed by atoms with van der Waals surface area (Å²) in [7, 11) is -1.76. The van der Waals surface area contributed by atoms with Gasteiger partial charge in [0.1, 0.15) is 11.9 Å². The molecule has 0 saturated heterocycles. The van der Waals surface area contributed by atoms with Crippen molar-refractivity contribution in [1.82, 2.24) is 9.80 Å². The summed E-state index contributed by atoms with van der Waals surface area (Å²) in [6, 6.07) is 31.7. The predicted octanol–water partition coefficient (Wildman–Crippen LogP) is 5.44. The molecular weight excluding hydrogens is 586 g/mol. The van der Waals surface area contributed by atoms with Gasteiger partial charge in [-0.15, -0.1) is 0 Å². The van der Waals surface area contributed by atoms with Gasteiger partial charge in [0.25, 0.3) is 10.0 Å². The van der Waals surface area contributed by atoms with Gasteiger partial charge in [0.15, 0.2) is 0 Å². The Hall–Kier alpha value is -4.18. The molecule has 0 spiro atoms. The maximum Gasteiger partial charge on any atom is 0.261 e. The van der Waals surface area contributed by atoms with Crippen LogP contribution in [0, 0.1) is 5.92 Å². The molecule has 1 heterocycles. The Kier molecular flexibility index (Phi) is 10.2. The molecule has 2 N–H and O–H groups in total. The van der Waals surface area contributed by atoms with Crippen LogP contribution in [-0.4, -0.2) is 68.1 Å². The first-order valence-corrected chi connectivity index (χ1v) is 16.7. The SMILES string of the molecule is C[C@@H]1CN([C@@H](C)CO)C(=O)Cc2cc(NS(=O)(=O)c3ccccc3)ccc2O[C@@H]1CN(C)Cc1ccc(-c2ccccc2)cc1. The van der Waals surface area contributed by atoms with Crippen molar-refractivity contribution in [3.05, 3.63) is 114 Å². The summed E-state index contributed by atoms with van der Waals surface area (Å²) in [6.07, 6.45) is -0.257. The van der Waals surface area contributed by atoms with E-state index in [1.165, 1.54) is 28.8 Å². The van der Waals surface area contributed by atoms with Crippen molar-refractivity contribution in [2.45, 2.75) is 43.9 Å². The number of nitrogens with zero attached hydrogens (tertiary/aromatic N) is 2. The van der Waals surface area contributed by atoms with Gasteiger partial charge in [0.05, 0.1) is 24.0 Å². The van der Waals surface area contributed by atoms with Crippen molar-refractivity contribution in [1.29, 1.82) is 0 Å². The highest BCUT2D eigenvalue weighted by molar-refractivity contribution is 7.92. The monoisotopic (exact) mass is 627 g/mol. The zero-order valence-corrected chi connectivity index (χ0v) is 26.8. The topological polar surface area (TPSA) is 99.2 Å². The number of rotatable bonds is 10. The number of hydrogen-bond donors (Lipinski definition) is 2. The molecular formula is C36H41N3O5S. The second-order valence-corrected chi connectivity index (χ2v) is 13.6. The van der Waals surface area contributed by atoms with Crippen LogP contribution in [0.1, 0.15) is 25.0 Å². The summed E-state index contributed by atoms with van der Waals surface area (Å²) >= 11 is 0. The third kappa shape index (κ3) is 8.11. The van der Waals surface area contributed by atoms with Crippen molar-refractivity contribution in [3.63, 3.8) is 0 Å². The number of amides is 1. The van der Waals surface area contributed by atoms with Crippen LogP contribution in [-0.2, 0) is 27.8 Å². The van der Waals surface area contributed by atoms with Crippen LogP contribution in [0.2, 0.25) is 0 Å². The molecule has 45 heavy (non-hydrogen) atoms. The summed E-state index contributed by atoms with van der Waals surface area (Å²) < 4.78 is 35.3. The highest BCUT2D eigenvalue weighted by atomic mass is 32.2. The minimum absolute atomic E-state index is 0.0175. The minimum atomic E-state index is -3.81. The number of hydrogen-bond acceptors (Lipinski definition) is 6. The number of nitrogens with one attached hydrogen (secondary N) is 1. The number of anilines is 1.